The lowest BCUT2D eigenvalue weighted by molar-refractivity contribution is -0.322. The zero-order valence-electron chi connectivity index (χ0n) is 14.5. The van der Waals surface area contributed by atoms with E-state index in [2.05, 4.69) is 0 Å². The maximum absolute atomic E-state index is 13.0. The molecule has 0 amide bonds. The molecular formula is C16H28NO5. The summed E-state index contributed by atoms with van der Waals surface area (Å²) in [4.78, 5) is 24.1. The second-order valence-electron chi connectivity index (χ2n) is 7.01. The van der Waals surface area contributed by atoms with Gasteiger partial charge in [-0.3, -0.25) is 4.79 Å². The number of esters is 2. The summed E-state index contributed by atoms with van der Waals surface area (Å²) in [5.41, 5.74) is -2.84. The van der Waals surface area contributed by atoms with Crippen molar-refractivity contribution in [2.24, 2.45) is 5.41 Å². The number of ether oxygens (including phenoxy) is 2. The summed E-state index contributed by atoms with van der Waals surface area (Å²) in [7, 11) is 0. The van der Waals surface area contributed by atoms with E-state index in [-0.39, 0.29) is 19.2 Å². The van der Waals surface area contributed by atoms with E-state index in [4.69, 9.17) is 9.47 Å². The molecule has 0 spiro atoms. The van der Waals surface area contributed by atoms with E-state index in [1.54, 1.807) is 34.6 Å². The molecule has 1 unspecified atom stereocenters. The molecule has 0 aromatic heterocycles. The molecule has 0 saturated carbocycles. The number of hydrogen-bond donors (Lipinski definition) is 0. The first-order valence-corrected chi connectivity index (χ1v) is 7.91. The summed E-state index contributed by atoms with van der Waals surface area (Å²) in [5.74, 6) is -0.858. The molecule has 0 N–H and O–H groups in total. The Balaban J connectivity index is 3.02. The molecule has 0 aromatic carbocycles. The number of carbonyl (C=O) groups excluding carboxylic acids is 2. The normalized spacial score (nSPS) is 25.7. The monoisotopic (exact) mass is 314 g/mol. The first-order chi connectivity index (χ1) is 10.1. The van der Waals surface area contributed by atoms with Gasteiger partial charge in [0.05, 0.1) is 5.41 Å². The third-order valence-electron chi connectivity index (χ3n) is 4.58. The number of hydrogen-bond acceptors (Lipinski definition) is 5. The quantitative estimate of drug-likeness (QED) is 0.729. The van der Waals surface area contributed by atoms with Crippen LogP contribution in [0.5, 0.6) is 0 Å². The van der Waals surface area contributed by atoms with Crippen LogP contribution < -0.4 is 0 Å². The van der Waals surface area contributed by atoms with E-state index in [1.807, 2.05) is 6.92 Å². The lowest BCUT2D eigenvalue weighted by atomic mass is 9.83. The van der Waals surface area contributed by atoms with Gasteiger partial charge in [0.25, 0.3) is 0 Å². The highest BCUT2D eigenvalue weighted by Crippen LogP contribution is 2.38. The molecule has 6 nitrogen and oxygen atoms in total. The Labute approximate surface area is 132 Å². The molecule has 0 aliphatic carbocycles. The van der Waals surface area contributed by atoms with Crippen molar-refractivity contribution in [1.82, 2.24) is 5.06 Å². The van der Waals surface area contributed by atoms with Crippen molar-refractivity contribution in [2.75, 3.05) is 13.2 Å². The SMILES string of the molecule is CCC1(COC(=O)C(C)(C)C)COC(=O)C(CC)(CC)N1[O]. The highest BCUT2D eigenvalue weighted by molar-refractivity contribution is 5.81. The summed E-state index contributed by atoms with van der Waals surface area (Å²) >= 11 is 0. The van der Waals surface area contributed by atoms with E-state index in [9.17, 15) is 14.8 Å². The predicted octanol–water partition coefficient (Wildman–Crippen LogP) is 2.49. The van der Waals surface area contributed by atoms with Gasteiger partial charge in [-0.05, 0) is 40.0 Å². The third kappa shape index (κ3) is 3.13. The second kappa shape index (κ2) is 6.54. The topological polar surface area (TPSA) is 75.7 Å². The molecule has 1 aliphatic heterocycles. The zero-order valence-corrected chi connectivity index (χ0v) is 14.5. The van der Waals surface area contributed by atoms with E-state index in [1.165, 1.54) is 0 Å². The van der Waals surface area contributed by atoms with Crippen molar-refractivity contribution in [3.63, 3.8) is 0 Å². The Hall–Kier alpha value is -1.14. The summed E-state index contributed by atoms with van der Waals surface area (Å²) in [5, 5.41) is 13.8. The molecule has 127 valence electrons. The van der Waals surface area contributed by atoms with Gasteiger partial charge < -0.3 is 9.47 Å². The van der Waals surface area contributed by atoms with E-state index < -0.39 is 22.5 Å². The molecule has 1 radical (unpaired) electrons. The number of cyclic esters (lactones) is 1. The third-order valence-corrected chi connectivity index (χ3v) is 4.58. The second-order valence-corrected chi connectivity index (χ2v) is 7.01. The predicted molar refractivity (Wildman–Crippen MR) is 80.2 cm³/mol. The zero-order chi connectivity index (χ0) is 17.2. The Morgan fingerprint density at radius 2 is 1.77 bits per heavy atom. The minimum atomic E-state index is -1.19. The van der Waals surface area contributed by atoms with E-state index >= 15 is 0 Å². The van der Waals surface area contributed by atoms with Gasteiger partial charge >= 0.3 is 11.9 Å². The molecule has 0 aromatic rings. The van der Waals surface area contributed by atoms with Crippen molar-refractivity contribution < 1.29 is 24.3 Å². The summed E-state index contributed by atoms with van der Waals surface area (Å²) in [6.45, 7) is 10.6. The van der Waals surface area contributed by atoms with Crippen LogP contribution in [0.15, 0.2) is 0 Å². The van der Waals surface area contributed by atoms with E-state index in [0.29, 0.717) is 19.3 Å². The summed E-state index contributed by atoms with van der Waals surface area (Å²) in [6, 6.07) is 0. The Morgan fingerprint density at radius 3 is 2.18 bits per heavy atom. The molecule has 0 bridgehead atoms. The Bertz CT molecular complexity index is 425. The van der Waals surface area contributed by atoms with Crippen molar-refractivity contribution in [1.29, 1.82) is 0 Å². The summed E-state index contributed by atoms with van der Waals surface area (Å²) in [6.07, 6.45) is 1.16. The molecule has 1 fully saturated rings. The number of rotatable bonds is 5. The average Bonchev–Trinajstić information content (AvgIpc) is 2.47. The van der Waals surface area contributed by atoms with Crippen LogP contribution in [-0.2, 0) is 24.3 Å². The fraction of sp³-hybridized carbons (Fsp3) is 0.875. The van der Waals surface area contributed by atoms with E-state index in [0.717, 1.165) is 5.06 Å². The molecule has 22 heavy (non-hydrogen) atoms. The highest BCUT2D eigenvalue weighted by atomic mass is 16.6. The molecule has 1 saturated heterocycles. The standard InChI is InChI=1S/C16H28NO5/c1-7-15(10-21-12(18)14(4,5)6)11-22-13(19)16(8-2,9-3)17(15)20/h7-11H2,1-6H3. The van der Waals surface area contributed by atoms with Crippen LogP contribution in [-0.4, -0.2) is 41.3 Å². The number of carbonyl (C=O) groups is 2. The van der Waals surface area contributed by atoms with Gasteiger partial charge in [-0.25, -0.2) is 4.79 Å². The van der Waals surface area contributed by atoms with Crippen molar-refractivity contribution in [3.8, 4) is 0 Å². The average molecular weight is 314 g/mol. The van der Waals surface area contributed by atoms with Gasteiger partial charge in [-0.1, -0.05) is 20.8 Å². The van der Waals surface area contributed by atoms with Gasteiger partial charge in [0.1, 0.15) is 24.3 Å². The Morgan fingerprint density at radius 1 is 1.23 bits per heavy atom. The Kier molecular flexibility index (Phi) is 5.62. The lowest BCUT2D eigenvalue weighted by Gasteiger charge is -2.49. The number of hydroxylamine groups is 2. The minimum absolute atomic E-state index is 0.0506. The van der Waals surface area contributed by atoms with Gasteiger partial charge in [0.2, 0.25) is 0 Å². The molecular weight excluding hydrogens is 286 g/mol. The molecule has 1 heterocycles. The van der Waals surface area contributed by atoms with Crippen LogP contribution in [0.25, 0.3) is 0 Å². The summed E-state index contributed by atoms with van der Waals surface area (Å²) < 4.78 is 10.7. The molecule has 1 atom stereocenters. The first kappa shape index (κ1) is 18.9. The highest BCUT2D eigenvalue weighted by Gasteiger charge is 2.57. The maximum Gasteiger partial charge on any atom is 0.329 e. The fourth-order valence-corrected chi connectivity index (χ4v) is 2.62. The fourth-order valence-electron chi connectivity index (χ4n) is 2.62. The number of nitrogens with zero attached hydrogens (tertiary/aromatic N) is 1. The first-order valence-electron chi connectivity index (χ1n) is 7.91. The van der Waals surface area contributed by atoms with Crippen molar-refractivity contribution >= 4 is 11.9 Å². The lowest BCUT2D eigenvalue weighted by Crippen LogP contribution is -2.69. The van der Waals surface area contributed by atoms with Crippen LogP contribution in [0.2, 0.25) is 0 Å². The van der Waals surface area contributed by atoms with Crippen LogP contribution in [0.4, 0.5) is 0 Å². The molecule has 1 aliphatic rings. The molecule has 1 rings (SSSR count). The van der Waals surface area contributed by atoms with Crippen LogP contribution >= 0.6 is 0 Å². The van der Waals surface area contributed by atoms with Crippen molar-refractivity contribution in [2.45, 2.75) is 71.9 Å². The molecule has 6 heteroatoms. The van der Waals surface area contributed by atoms with Crippen LogP contribution in [0, 0.1) is 5.41 Å². The van der Waals surface area contributed by atoms with Crippen LogP contribution in [0.3, 0.4) is 0 Å². The largest absolute Gasteiger partial charge is 0.463 e. The smallest absolute Gasteiger partial charge is 0.329 e. The van der Waals surface area contributed by atoms with Gasteiger partial charge in [0, 0.05) is 0 Å². The van der Waals surface area contributed by atoms with Gasteiger partial charge in [-0.15, -0.1) is 10.3 Å². The van der Waals surface area contributed by atoms with Crippen LogP contribution in [0.1, 0.15) is 60.8 Å². The maximum atomic E-state index is 13.0. The number of morpholine rings is 1. The van der Waals surface area contributed by atoms with Gasteiger partial charge in [0.15, 0.2) is 0 Å². The van der Waals surface area contributed by atoms with Gasteiger partial charge in [-0.2, -0.15) is 0 Å². The van der Waals surface area contributed by atoms with Crippen molar-refractivity contribution in [3.05, 3.63) is 0 Å². The minimum Gasteiger partial charge on any atom is -0.463 e.